The van der Waals surface area contributed by atoms with Gasteiger partial charge in [-0.15, -0.1) is 0 Å². The molecule has 0 aromatic heterocycles. The van der Waals surface area contributed by atoms with E-state index >= 15 is 0 Å². The van der Waals surface area contributed by atoms with E-state index in [1.807, 2.05) is 6.07 Å². The van der Waals surface area contributed by atoms with Crippen molar-refractivity contribution in [3.8, 4) is 6.07 Å². The normalized spacial score (nSPS) is 19.6. The molecule has 23 heavy (non-hydrogen) atoms. The summed E-state index contributed by atoms with van der Waals surface area (Å²) in [6.07, 6.45) is 1.61. The molecule has 0 atom stereocenters. The molecule has 3 N–H and O–H groups in total. The van der Waals surface area contributed by atoms with Crippen LogP contribution in [-0.2, 0) is 5.41 Å². The SMILES string of the molecule is Cc1c(F)c(C(=O)C2(NC(N)=O)CC2)cc(F)c1C1(C#N)CC1. The molecular weight excluding hydrogens is 304 g/mol. The number of amides is 2. The number of benzene rings is 1. The molecule has 1 aromatic carbocycles. The van der Waals surface area contributed by atoms with E-state index in [0.29, 0.717) is 25.7 Å². The van der Waals surface area contributed by atoms with Crippen molar-refractivity contribution in [3.63, 3.8) is 0 Å². The van der Waals surface area contributed by atoms with Crippen molar-refractivity contribution in [3.05, 3.63) is 34.4 Å². The standard InChI is InChI=1S/C16H15F2N3O2/c1-8-11(15(7-19)2-3-15)10(17)6-9(12(8)18)13(22)16(4-5-16)21-14(20)23/h6H,2-5H2,1H3,(H3,20,21,23). The third kappa shape index (κ3) is 2.25. The first kappa shape index (κ1) is 15.4. The van der Waals surface area contributed by atoms with E-state index in [-0.39, 0.29) is 11.1 Å². The monoisotopic (exact) mass is 319 g/mol. The number of Topliss-reactive ketones (excluding diaryl/α,β-unsaturated/α-hetero) is 1. The minimum Gasteiger partial charge on any atom is -0.352 e. The molecule has 2 amide bonds. The number of urea groups is 1. The molecule has 0 heterocycles. The van der Waals surface area contributed by atoms with Crippen LogP contribution < -0.4 is 11.1 Å². The molecule has 3 rings (SSSR count). The Bertz CT molecular complexity index is 775. The third-order valence-corrected chi connectivity index (χ3v) is 4.68. The quantitative estimate of drug-likeness (QED) is 0.833. The van der Waals surface area contributed by atoms with Gasteiger partial charge in [-0.3, -0.25) is 4.79 Å². The van der Waals surface area contributed by atoms with Crippen molar-refractivity contribution in [2.24, 2.45) is 5.73 Å². The van der Waals surface area contributed by atoms with Gasteiger partial charge in [0.2, 0.25) is 0 Å². The lowest BCUT2D eigenvalue weighted by molar-refractivity contribution is 0.0927. The fraction of sp³-hybridized carbons (Fsp3) is 0.438. The van der Waals surface area contributed by atoms with Crippen LogP contribution in [0.4, 0.5) is 13.6 Å². The van der Waals surface area contributed by atoms with Gasteiger partial charge in [-0.05, 0) is 44.2 Å². The van der Waals surface area contributed by atoms with E-state index in [2.05, 4.69) is 5.32 Å². The average Bonchev–Trinajstić information content (AvgIpc) is 3.39. The van der Waals surface area contributed by atoms with Gasteiger partial charge in [0.15, 0.2) is 5.78 Å². The number of hydrogen-bond donors (Lipinski definition) is 2. The van der Waals surface area contributed by atoms with Crippen molar-refractivity contribution in [1.82, 2.24) is 5.32 Å². The summed E-state index contributed by atoms with van der Waals surface area (Å²) < 4.78 is 29.1. The van der Waals surface area contributed by atoms with Gasteiger partial charge in [0.05, 0.1) is 17.0 Å². The molecule has 1 aromatic rings. The average molecular weight is 319 g/mol. The van der Waals surface area contributed by atoms with Crippen LogP contribution in [-0.4, -0.2) is 17.4 Å². The van der Waals surface area contributed by atoms with Gasteiger partial charge in [-0.1, -0.05) is 0 Å². The molecule has 0 spiro atoms. The number of nitrogens with one attached hydrogen (secondary N) is 1. The molecule has 5 nitrogen and oxygen atoms in total. The fourth-order valence-electron chi connectivity index (χ4n) is 3.08. The van der Waals surface area contributed by atoms with E-state index in [4.69, 9.17) is 5.73 Å². The first-order valence-electron chi connectivity index (χ1n) is 7.29. The van der Waals surface area contributed by atoms with E-state index in [0.717, 1.165) is 6.07 Å². The summed E-state index contributed by atoms with van der Waals surface area (Å²) in [4.78, 5) is 23.5. The summed E-state index contributed by atoms with van der Waals surface area (Å²) in [5.74, 6) is -2.30. The van der Waals surface area contributed by atoms with Gasteiger partial charge in [0.25, 0.3) is 0 Å². The van der Waals surface area contributed by atoms with Crippen molar-refractivity contribution < 1.29 is 18.4 Å². The van der Waals surface area contributed by atoms with Crippen LogP contribution in [0.15, 0.2) is 6.07 Å². The van der Waals surface area contributed by atoms with Gasteiger partial charge >= 0.3 is 6.03 Å². The maximum Gasteiger partial charge on any atom is 0.312 e. The molecule has 0 saturated heterocycles. The molecular formula is C16H15F2N3O2. The molecule has 2 saturated carbocycles. The lowest BCUT2D eigenvalue weighted by Gasteiger charge is -2.18. The smallest absolute Gasteiger partial charge is 0.312 e. The minimum atomic E-state index is -1.24. The second-order valence-corrected chi connectivity index (χ2v) is 6.31. The van der Waals surface area contributed by atoms with Crippen molar-refractivity contribution in [2.75, 3.05) is 0 Å². The number of nitriles is 1. The lowest BCUT2D eigenvalue weighted by atomic mass is 9.88. The molecule has 0 unspecified atom stereocenters. The van der Waals surface area contributed by atoms with Gasteiger partial charge in [-0.25, -0.2) is 13.6 Å². The number of carbonyl (C=O) groups excluding carboxylic acids is 2. The van der Waals surface area contributed by atoms with Crippen LogP contribution in [0.25, 0.3) is 0 Å². The van der Waals surface area contributed by atoms with Crippen LogP contribution >= 0.6 is 0 Å². The number of ketones is 1. The van der Waals surface area contributed by atoms with E-state index in [1.54, 1.807) is 0 Å². The second-order valence-electron chi connectivity index (χ2n) is 6.31. The minimum absolute atomic E-state index is 0.0257. The molecule has 2 fully saturated rings. The zero-order valence-electron chi connectivity index (χ0n) is 12.5. The van der Waals surface area contributed by atoms with Gasteiger partial charge in [0.1, 0.15) is 17.2 Å². The first-order valence-corrected chi connectivity index (χ1v) is 7.29. The largest absolute Gasteiger partial charge is 0.352 e. The number of nitrogens with two attached hydrogens (primary N) is 1. The van der Waals surface area contributed by atoms with Gasteiger partial charge < -0.3 is 11.1 Å². The maximum absolute atomic E-state index is 14.6. The Kier molecular flexibility index (Phi) is 3.18. The van der Waals surface area contributed by atoms with Gasteiger partial charge in [0, 0.05) is 5.56 Å². The zero-order valence-corrected chi connectivity index (χ0v) is 12.5. The Labute approximate surface area is 131 Å². The molecule has 7 heteroatoms. The maximum atomic E-state index is 14.6. The summed E-state index contributed by atoms with van der Waals surface area (Å²) >= 11 is 0. The highest BCUT2D eigenvalue weighted by Gasteiger charge is 2.53. The molecule has 0 bridgehead atoms. The second kappa shape index (κ2) is 4.75. The predicted molar refractivity (Wildman–Crippen MR) is 76.6 cm³/mol. The van der Waals surface area contributed by atoms with Crippen LogP contribution in [0, 0.1) is 29.9 Å². The Balaban J connectivity index is 2.05. The fourth-order valence-corrected chi connectivity index (χ4v) is 3.08. The summed E-state index contributed by atoms with van der Waals surface area (Å²) in [5, 5.41) is 11.5. The highest BCUT2D eigenvalue weighted by molar-refractivity contribution is 6.07. The van der Waals surface area contributed by atoms with Crippen LogP contribution in [0.3, 0.4) is 0 Å². The van der Waals surface area contributed by atoms with Crippen molar-refractivity contribution in [2.45, 2.75) is 43.6 Å². The highest BCUT2D eigenvalue weighted by Crippen LogP contribution is 2.50. The number of nitrogens with zero attached hydrogens (tertiary/aromatic N) is 1. The number of primary amides is 1. The predicted octanol–water partition coefficient (Wildman–Crippen LogP) is 2.21. The topological polar surface area (TPSA) is 96.0 Å². The summed E-state index contributed by atoms with van der Waals surface area (Å²) in [5.41, 5.74) is 2.40. The Hall–Kier alpha value is -2.49. The lowest BCUT2D eigenvalue weighted by Crippen LogP contribution is -2.46. The molecule has 120 valence electrons. The zero-order chi connectivity index (χ0) is 17.0. The summed E-state index contributed by atoms with van der Waals surface area (Å²) in [6, 6.07) is 1.98. The van der Waals surface area contributed by atoms with Crippen LogP contribution in [0.1, 0.15) is 47.2 Å². The van der Waals surface area contributed by atoms with E-state index in [1.165, 1.54) is 6.92 Å². The van der Waals surface area contributed by atoms with Crippen LogP contribution in [0.5, 0.6) is 0 Å². The Morgan fingerprint density at radius 2 is 1.91 bits per heavy atom. The molecule has 0 radical (unpaired) electrons. The first-order chi connectivity index (χ1) is 10.8. The Morgan fingerprint density at radius 3 is 2.35 bits per heavy atom. The number of hydrogen-bond acceptors (Lipinski definition) is 3. The summed E-state index contributed by atoms with van der Waals surface area (Å²) in [7, 11) is 0. The van der Waals surface area contributed by atoms with E-state index < -0.39 is 40.0 Å². The Morgan fingerprint density at radius 1 is 1.30 bits per heavy atom. The van der Waals surface area contributed by atoms with E-state index in [9.17, 15) is 23.6 Å². The van der Waals surface area contributed by atoms with Gasteiger partial charge in [-0.2, -0.15) is 5.26 Å². The third-order valence-electron chi connectivity index (χ3n) is 4.68. The number of carbonyl (C=O) groups is 2. The van der Waals surface area contributed by atoms with Crippen molar-refractivity contribution in [1.29, 1.82) is 5.26 Å². The summed E-state index contributed by atoms with van der Waals surface area (Å²) in [6.45, 7) is 1.36. The molecule has 0 aliphatic heterocycles. The molecule has 2 aliphatic carbocycles. The highest BCUT2D eigenvalue weighted by atomic mass is 19.1. The number of rotatable bonds is 4. The number of halogens is 2. The molecule has 2 aliphatic rings. The van der Waals surface area contributed by atoms with Crippen molar-refractivity contribution >= 4 is 11.8 Å². The van der Waals surface area contributed by atoms with Crippen LogP contribution in [0.2, 0.25) is 0 Å².